The van der Waals surface area contributed by atoms with Gasteiger partial charge >= 0.3 is 0 Å². The number of aliphatic hydroxyl groups excluding tert-OH is 1. The van der Waals surface area contributed by atoms with Gasteiger partial charge in [0, 0.05) is 24.2 Å². The zero-order valence-electron chi connectivity index (χ0n) is 7.21. The first-order valence-corrected chi connectivity index (χ1v) is 4.87. The highest BCUT2D eigenvalue weighted by atomic mass is 32.1. The molecule has 0 amide bonds. The summed E-state index contributed by atoms with van der Waals surface area (Å²) in [5.74, 6) is 0. The van der Waals surface area contributed by atoms with Crippen molar-refractivity contribution in [3.05, 3.63) is 16.1 Å². The number of thiazole rings is 1. The average molecular weight is 186 g/mol. The van der Waals surface area contributed by atoms with Crippen molar-refractivity contribution in [2.75, 3.05) is 13.2 Å². The van der Waals surface area contributed by atoms with E-state index in [-0.39, 0.29) is 6.61 Å². The van der Waals surface area contributed by atoms with Gasteiger partial charge in [-0.05, 0) is 19.9 Å². The zero-order chi connectivity index (χ0) is 8.81. The van der Waals surface area contributed by atoms with Gasteiger partial charge in [0.1, 0.15) is 0 Å². The topological polar surface area (TPSA) is 45.2 Å². The van der Waals surface area contributed by atoms with E-state index < -0.39 is 0 Å². The number of hydrogen-bond acceptors (Lipinski definition) is 4. The van der Waals surface area contributed by atoms with Crippen LogP contribution in [0, 0.1) is 6.92 Å². The van der Waals surface area contributed by atoms with Crippen molar-refractivity contribution < 1.29 is 5.11 Å². The maximum absolute atomic E-state index is 8.52. The minimum absolute atomic E-state index is 0.259. The SMILES string of the molecule is Cc1ncc(CNCCCO)s1. The summed E-state index contributed by atoms with van der Waals surface area (Å²) in [5, 5.41) is 12.8. The molecule has 1 rings (SSSR count). The molecule has 4 heteroatoms. The van der Waals surface area contributed by atoms with Crippen molar-refractivity contribution >= 4 is 11.3 Å². The van der Waals surface area contributed by atoms with Gasteiger partial charge in [-0.3, -0.25) is 0 Å². The molecule has 12 heavy (non-hydrogen) atoms. The fourth-order valence-corrected chi connectivity index (χ4v) is 1.67. The number of nitrogens with zero attached hydrogens (tertiary/aromatic N) is 1. The quantitative estimate of drug-likeness (QED) is 0.672. The zero-order valence-corrected chi connectivity index (χ0v) is 8.02. The highest BCUT2D eigenvalue weighted by Crippen LogP contribution is 2.10. The smallest absolute Gasteiger partial charge is 0.0897 e. The number of aliphatic hydroxyl groups is 1. The van der Waals surface area contributed by atoms with Crippen LogP contribution in [0.1, 0.15) is 16.3 Å². The summed E-state index contributed by atoms with van der Waals surface area (Å²) in [5.41, 5.74) is 0. The van der Waals surface area contributed by atoms with Crippen LogP contribution in [-0.4, -0.2) is 23.2 Å². The minimum Gasteiger partial charge on any atom is -0.396 e. The second kappa shape index (κ2) is 5.24. The van der Waals surface area contributed by atoms with Gasteiger partial charge in [0.25, 0.3) is 0 Å². The molecule has 3 nitrogen and oxygen atoms in total. The summed E-state index contributed by atoms with van der Waals surface area (Å²) in [7, 11) is 0. The molecule has 0 aromatic carbocycles. The van der Waals surface area contributed by atoms with E-state index in [0.29, 0.717) is 0 Å². The average Bonchev–Trinajstić information content (AvgIpc) is 2.45. The Balaban J connectivity index is 2.15. The molecule has 0 saturated heterocycles. The van der Waals surface area contributed by atoms with E-state index in [0.717, 1.165) is 24.5 Å². The Labute approximate surface area is 76.5 Å². The summed E-state index contributed by atoms with van der Waals surface area (Å²) in [6.07, 6.45) is 2.71. The standard InChI is InChI=1S/C8H14N2OS/c1-7-10-6-8(12-7)5-9-3-2-4-11/h6,9,11H,2-5H2,1H3. The van der Waals surface area contributed by atoms with E-state index in [9.17, 15) is 0 Å². The Bertz CT molecular complexity index is 225. The maximum Gasteiger partial charge on any atom is 0.0897 e. The van der Waals surface area contributed by atoms with Gasteiger partial charge in [-0.2, -0.15) is 0 Å². The van der Waals surface area contributed by atoms with Crippen molar-refractivity contribution in [2.45, 2.75) is 19.9 Å². The van der Waals surface area contributed by atoms with Crippen LogP contribution in [0.2, 0.25) is 0 Å². The molecule has 0 aliphatic rings. The van der Waals surface area contributed by atoms with E-state index in [1.54, 1.807) is 11.3 Å². The van der Waals surface area contributed by atoms with Crippen molar-refractivity contribution in [3.63, 3.8) is 0 Å². The molecular weight excluding hydrogens is 172 g/mol. The Morgan fingerprint density at radius 1 is 1.67 bits per heavy atom. The highest BCUT2D eigenvalue weighted by molar-refractivity contribution is 7.11. The van der Waals surface area contributed by atoms with E-state index in [4.69, 9.17) is 5.11 Å². The molecule has 2 N–H and O–H groups in total. The van der Waals surface area contributed by atoms with Crippen LogP contribution in [0.5, 0.6) is 0 Å². The summed E-state index contributed by atoms with van der Waals surface area (Å²) in [4.78, 5) is 5.40. The molecule has 0 aliphatic carbocycles. The lowest BCUT2D eigenvalue weighted by molar-refractivity contribution is 0.286. The number of aryl methyl sites for hydroxylation is 1. The Kier molecular flexibility index (Phi) is 4.21. The van der Waals surface area contributed by atoms with Crippen LogP contribution in [0.25, 0.3) is 0 Å². The van der Waals surface area contributed by atoms with Crippen molar-refractivity contribution in [3.8, 4) is 0 Å². The van der Waals surface area contributed by atoms with Crippen molar-refractivity contribution in [1.29, 1.82) is 0 Å². The first-order chi connectivity index (χ1) is 5.83. The van der Waals surface area contributed by atoms with Gasteiger partial charge in [0.15, 0.2) is 0 Å². The monoisotopic (exact) mass is 186 g/mol. The lowest BCUT2D eigenvalue weighted by Crippen LogP contribution is -2.14. The van der Waals surface area contributed by atoms with E-state index in [2.05, 4.69) is 10.3 Å². The molecule has 0 aliphatic heterocycles. The predicted molar refractivity (Wildman–Crippen MR) is 50.3 cm³/mol. The number of aromatic nitrogens is 1. The normalized spacial score (nSPS) is 10.5. The van der Waals surface area contributed by atoms with Crippen LogP contribution in [0.15, 0.2) is 6.20 Å². The first kappa shape index (κ1) is 9.64. The van der Waals surface area contributed by atoms with Crippen LogP contribution in [0.4, 0.5) is 0 Å². The molecule has 0 bridgehead atoms. The van der Waals surface area contributed by atoms with E-state index >= 15 is 0 Å². The molecule has 1 aromatic rings. The molecule has 0 unspecified atom stereocenters. The van der Waals surface area contributed by atoms with E-state index in [1.807, 2.05) is 13.1 Å². The Morgan fingerprint density at radius 2 is 2.50 bits per heavy atom. The fraction of sp³-hybridized carbons (Fsp3) is 0.625. The van der Waals surface area contributed by atoms with Gasteiger partial charge in [0.2, 0.25) is 0 Å². The largest absolute Gasteiger partial charge is 0.396 e. The number of rotatable bonds is 5. The van der Waals surface area contributed by atoms with E-state index in [1.165, 1.54) is 4.88 Å². The Morgan fingerprint density at radius 3 is 3.08 bits per heavy atom. The van der Waals surface area contributed by atoms with Crippen molar-refractivity contribution in [1.82, 2.24) is 10.3 Å². The van der Waals surface area contributed by atoms with Gasteiger partial charge < -0.3 is 10.4 Å². The number of hydrogen-bond donors (Lipinski definition) is 2. The summed E-state index contributed by atoms with van der Waals surface area (Å²) in [6.45, 7) is 4.00. The summed E-state index contributed by atoms with van der Waals surface area (Å²) >= 11 is 1.71. The van der Waals surface area contributed by atoms with Gasteiger partial charge in [-0.1, -0.05) is 0 Å². The predicted octanol–water partition coefficient (Wildman–Crippen LogP) is 0.924. The summed E-state index contributed by atoms with van der Waals surface area (Å²) < 4.78 is 0. The molecule has 0 radical (unpaired) electrons. The fourth-order valence-electron chi connectivity index (χ4n) is 0.903. The molecular formula is C8H14N2OS. The molecule has 0 atom stereocenters. The third-order valence-corrected chi connectivity index (χ3v) is 2.39. The lowest BCUT2D eigenvalue weighted by atomic mass is 10.4. The van der Waals surface area contributed by atoms with Crippen LogP contribution in [-0.2, 0) is 6.54 Å². The lowest BCUT2D eigenvalue weighted by Gasteiger charge is -1.99. The molecule has 1 aromatic heterocycles. The van der Waals surface area contributed by atoms with Crippen LogP contribution >= 0.6 is 11.3 Å². The van der Waals surface area contributed by atoms with Crippen molar-refractivity contribution in [2.24, 2.45) is 0 Å². The highest BCUT2D eigenvalue weighted by Gasteiger charge is 1.95. The summed E-state index contributed by atoms with van der Waals surface area (Å²) in [6, 6.07) is 0. The van der Waals surface area contributed by atoms with Crippen LogP contribution in [0.3, 0.4) is 0 Å². The van der Waals surface area contributed by atoms with Crippen LogP contribution < -0.4 is 5.32 Å². The number of nitrogens with one attached hydrogen (secondary N) is 1. The third-order valence-electron chi connectivity index (χ3n) is 1.48. The second-order valence-corrected chi connectivity index (χ2v) is 3.92. The Hall–Kier alpha value is -0.450. The molecule has 1 heterocycles. The van der Waals surface area contributed by atoms with Gasteiger partial charge in [-0.15, -0.1) is 11.3 Å². The molecule has 0 saturated carbocycles. The molecule has 68 valence electrons. The molecule has 0 spiro atoms. The molecule has 0 fully saturated rings. The maximum atomic E-state index is 8.52. The van der Waals surface area contributed by atoms with Gasteiger partial charge in [-0.25, -0.2) is 4.98 Å². The minimum atomic E-state index is 0.259. The third kappa shape index (κ3) is 3.30. The second-order valence-electron chi connectivity index (χ2n) is 2.60. The van der Waals surface area contributed by atoms with Gasteiger partial charge in [0.05, 0.1) is 5.01 Å². The first-order valence-electron chi connectivity index (χ1n) is 4.06.